The molecular weight excluding hydrogens is 376 g/mol. The highest BCUT2D eigenvalue weighted by Gasteiger charge is 2.22. The maximum Gasteiger partial charge on any atom is 0.326 e. The van der Waals surface area contributed by atoms with Crippen molar-refractivity contribution in [2.24, 2.45) is 0 Å². The highest BCUT2D eigenvalue weighted by atomic mass is 35.5. The molecule has 0 unspecified atom stereocenters. The van der Waals surface area contributed by atoms with E-state index >= 15 is 0 Å². The summed E-state index contributed by atoms with van der Waals surface area (Å²) in [6.07, 6.45) is 1.31. The van der Waals surface area contributed by atoms with E-state index < -0.39 is 22.1 Å². The van der Waals surface area contributed by atoms with Crippen molar-refractivity contribution in [3.8, 4) is 16.9 Å². The van der Waals surface area contributed by atoms with Gasteiger partial charge in [-0.2, -0.15) is 0 Å². The molecule has 0 spiro atoms. The Kier molecular flexibility index (Phi) is 5.90. The number of benzene rings is 1. The minimum atomic E-state index is -0.688. The molecule has 0 radical (unpaired) electrons. The van der Waals surface area contributed by atoms with Gasteiger partial charge in [0.15, 0.2) is 0 Å². The summed E-state index contributed by atoms with van der Waals surface area (Å²) in [5.74, 6) is -0.406. The van der Waals surface area contributed by atoms with E-state index in [1.54, 1.807) is 20.8 Å². The van der Waals surface area contributed by atoms with Gasteiger partial charge in [-0.3, -0.25) is 19.7 Å². The van der Waals surface area contributed by atoms with Crippen LogP contribution in [0.5, 0.6) is 5.75 Å². The van der Waals surface area contributed by atoms with E-state index in [9.17, 15) is 19.7 Å². The molecule has 0 amide bonds. The first-order chi connectivity index (χ1) is 12.5. The van der Waals surface area contributed by atoms with Crippen molar-refractivity contribution in [2.45, 2.75) is 32.9 Å². The molecular formula is C18H19ClN2O6. The van der Waals surface area contributed by atoms with Crippen LogP contribution in [-0.2, 0) is 16.1 Å². The second kappa shape index (κ2) is 7.79. The molecule has 0 atom stereocenters. The number of nitro benzene ring substituents is 1. The number of hydrogen-bond acceptors (Lipinski definition) is 6. The van der Waals surface area contributed by atoms with Gasteiger partial charge in [0.2, 0.25) is 0 Å². The third kappa shape index (κ3) is 5.07. The Morgan fingerprint density at radius 3 is 2.48 bits per heavy atom. The van der Waals surface area contributed by atoms with Gasteiger partial charge in [-0.15, -0.1) is 0 Å². The summed E-state index contributed by atoms with van der Waals surface area (Å²) in [5, 5.41) is 11.6. The molecule has 0 bridgehead atoms. The number of carbonyl (C=O) groups excluding carboxylic acids is 1. The summed E-state index contributed by atoms with van der Waals surface area (Å²) >= 11 is 5.96. The predicted molar refractivity (Wildman–Crippen MR) is 100 cm³/mol. The minimum absolute atomic E-state index is 0.144. The average Bonchev–Trinajstić information content (AvgIpc) is 2.54. The van der Waals surface area contributed by atoms with Crippen LogP contribution in [0.25, 0.3) is 11.1 Å². The Hall–Kier alpha value is -2.87. The first-order valence-electron chi connectivity index (χ1n) is 7.96. The fourth-order valence-corrected chi connectivity index (χ4v) is 2.62. The molecule has 0 fully saturated rings. The molecule has 0 aliphatic heterocycles. The first kappa shape index (κ1) is 20.4. The van der Waals surface area contributed by atoms with Crippen molar-refractivity contribution in [3.63, 3.8) is 0 Å². The molecule has 0 aliphatic carbocycles. The zero-order valence-corrected chi connectivity index (χ0v) is 16.1. The van der Waals surface area contributed by atoms with Crippen LogP contribution in [0, 0.1) is 10.1 Å². The summed E-state index contributed by atoms with van der Waals surface area (Å²) in [4.78, 5) is 35.2. The highest BCUT2D eigenvalue weighted by Crippen LogP contribution is 2.36. The van der Waals surface area contributed by atoms with Gasteiger partial charge in [0.25, 0.3) is 11.2 Å². The normalized spacial score (nSPS) is 11.1. The van der Waals surface area contributed by atoms with Crippen molar-refractivity contribution in [1.29, 1.82) is 0 Å². The molecule has 2 rings (SSSR count). The van der Waals surface area contributed by atoms with Gasteiger partial charge in [0.1, 0.15) is 17.9 Å². The quantitative estimate of drug-likeness (QED) is 0.437. The van der Waals surface area contributed by atoms with Crippen LogP contribution in [0.2, 0.25) is 5.02 Å². The lowest BCUT2D eigenvalue weighted by molar-refractivity contribution is -0.384. The van der Waals surface area contributed by atoms with Gasteiger partial charge in [0, 0.05) is 22.7 Å². The number of aromatic nitrogens is 1. The maximum absolute atomic E-state index is 12.4. The fourth-order valence-electron chi connectivity index (χ4n) is 2.44. The molecule has 0 saturated heterocycles. The molecule has 0 aliphatic rings. The van der Waals surface area contributed by atoms with Crippen LogP contribution < -0.4 is 10.3 Å². The minimum Gasteiger partial charge on any atom is -0.495 e. The maximum atomic E-state index is 12.4. The van der Waals surface area contributed by atoms with Crippen LogP contribution in [0.3, 0.4) is 0 Å². The lowest BCUT2D eigenvalue weighted by Crippen LogP contribution is -2.30. The van der Waals surface area contributed by atoms with Gasteiger partial charge in [0.05, 0.1) is 23.8 Å². The third-order valence-corrected chi connectivity index (χ3v) is 3.71. The zero-order valence-electron chi connectivity index (χ0n) is 15.3. The molecule has 0 saturated carbocycles. The van der Waals surface area contributed by atoms with Crippen molar-refractivity contribution >= 4 is 23.3 Å². The number of halogens is 1. The Bertz CT molecular complexity index is 946. The Morgan fingerprint density at radius 1 is 1.26 bits per heavy atom. The van der Waals surface area contributed by atoms with Crippen LogP contribution in [0.4, 0.5) is 5.69 Å². The number of hydrogen-bond donors (Lipinski definition) is 0. The topological polar surface area (TPSA) is 101 Å². The van der Waals surface area contributed by atoms with E-state index in [-0.39, 0.29) is 34.1 Å². The number of carbonyl (C=O) groups is 1. The fraction of sp³-hybridized carbons (Fsp3) is 0.333. The van der Waals surface area contributed by atoms with Crippen LogP contribution in [0.1, 0.15) is 20.8 Å². The summed E-state index contributed by atoms with van der Waals surface area (Å²) in [6, 6.07) is 5.19. The van der Waals surface area contributed by atoms with E-state index in [1.807, 2.05) is 0 Å². The number of methoxy groups -OCH3 is 1. The van der Waals surface area contributed by atoms with E-state index in [2.05, 4.69) is 0 Å². The number of pyridine rings is 1. The van der Waals surface area contributed by atoms with Crippen LogP contribution in [-0.4, -0.2) is 28.2 Å². The monoisotopic (exact) mass is 394 g/mol. The summed E-state index contributed by atoms with van der Waals surface area (Å²) in [5.41, 5.74) is -1.09. The molecule has 9 heteroatoms. The first-order valence-corrected chi connectivity index (χ1v) is 8.34. The van der Waals surface area contributed by atoms with Gasteiger partial charge in [-0.05, 0) is 32.9 Å². The summed E-state index contributed by atoms with van der Waals surface area (Å²) in [7, 11) is 1.36. The standard InChI is InChI=1S/C18H19ClN2O6/c1-18(2,3)27-17(23)10-20-9-15(26-4)13(8-16(20)22)12-7-11(19)5-6-14(12)21(24)25/h5-9H,10H2,1-4H3. The molecule has 8 nitrogen and oxygen atoms in total. The molecule has 1 heterocycles. The molecule has 2 aromatic rings. The second-order valence-corrected chi connectivity index (χ2v) is 7.16. The summed E-state index contributed by atoms with van der Waals surface area (Å²) < 4.78 is 11.6. The van der Waals surface area contributed by atoms with E-state index in [1.165, 1.54) is 37.6 Å². The van der Waals surface area contributed by atoms with E-state index in [4.69, 9.17) is 21.1 Å². The van der Waals surface area contributed by atoms with E-state index in [0.717, 1.165) is 4.57 Å². The lowest BCUT2D eigenvalue weighted by Gasteiger charge is -2.20. The molecule has 1 aromatic heterocycles. The molecule has 144 valence electrons. The van der Waals surface area contributed by atoms with Gasteiger partial charge >= 0.3 is 5.97 Å². The molecule has 1 aromatic carbocycles. The molecule has 27 heavy (non-hydrogen) atoms. The predicted octanol–water partition coefficient (Wildman–Crippen LogP) is 3.43. The number of nitrogens with zero attached hydrogens (tertiary/aromatic N) is 2. The summed E-state index contributed by atoms with van der Waals surface area (Å²) in [6.45, 7) is 4.84. The van der Waals surface area contributed by atoms with Crippen molar-refractivity contribution < 1.29 is 19.2 Å². The number of esters is 1. The largest absolute Gasteiger partial charge is 0.495 e. The Morgan fingerprint density at radius 2 is 1.93 bits per heavy atom. The Labute approximate surface area is 160 Å². The number of nitro groups is 1. The average molecular weight is 395 g/mol. The van der Waals surface area contributed by atoms with Crippen LogP contribution >= 0.6 is 11.6 Å². The van der Waals surface area contributed by atoms with Gasteiger partial charge in [-0.25, -0.2) is 0 Å². The number of ether oxygens (including phenoxy) is 2. The smallest absolute Gasteiger partial charge is 0.326 e. The lowest BCUT2D eigenvalue weighted by atomic mass is 10.0. The highest BCUT2D eigenvalue weighted by molar-refractivity contribution is 6.31. The molecule has 0 N–H and O–H groups in total. The van der Waals surface area contributed by atoms with E-state index in [0.29, 0.717) is 0 Å². The Balaban J connectivity index is 2.52. The van der Waals surface area contributed by atoms with Gasteiger partial charge < -0.3 is 14.0 Å². The number of rotatable bonds is 5. The third-order valence-electron chi connectivity index (χ3n) is 3.47. The van der Waals surface area contributed by atoms with Crippen molar-refractivity contribution in [2.75, 3.05) is 7.11 Å². The second-order valence-electron chi connectivity index (χ2n) is 6.73. The van der Waals surface area contributed by atoms with Crippen molar-refractivity contribution in [3.05, 3.63) is 56.0 Å². The zero-order chi connectivity index (χ0) is 20.4. The SMILES string of the molecule is COc1cn(CC(=O)OC(C)(C)C)c(=O)cc1-c1cc(Cl)ccc1[N+](=O)[O-]. The van der Waals surface area contributed by atoms with Crippen LogP contribution in [0.15, 0.2) is 35.3 Å². The van der Waals surface area contributed by atoms with Gasteiger partial charge in [-0.1, -0.05) is 11.6 Å². The van der Waals surface area contributed by atoms with Crippen molar-refractivity contribution in [1.82, 2.24) is 4.57 Å².